The average Bonchev–Trinajstić information content (AvgIpc) is 2.46. The van der Waals surface area contributed by atoms with Gasteiger partial charge in [-0.25, -0.2) is 0 Å². The number of nitro benzene ring substituents is 1. The van der Waals surface area contributed by atoms with Crippen LogP contribution in [0.25, 0.3) is 11.1 Å². The first-order valence-corrected chi connectivity index (χ1v) is 7.75. The molecule has 0 N–H and O–H groups in total. The Bertz CT molecular complexity index is 595. The molecule has 1 aromatic carbocycles. The van der Waals surface area contributed by atoms with Crippen molar-refractivity contribution in [2.75, 3.05) is 0 Å². The van der Waals surface area contributed by atoms with Crippen molar-refractivity contribution >= 4 is 37.5 Å². The molecule has 0 aliphatic rings. The minimum Gasteiger partial charge on any atom is -0.258 e. The predicted octanol–water partition coefficient (Wildman–Crippen LogP) is 4.45. The van der Waals surface area contributed by atoms with Crippen molar-refractivity contribution in [2.24, 2.45) is 0 Å². The van der Waals surface area contributed by atoms with Crippen LogP contribution in [0.4, 0.5) is 5.69 Å². The smallest absolute Gasteiger partial charge is 0.258 e. The molecule has 4 nitrogen and oxygen atoms in total. The maximum atomic E-state index is 10.8. The van der Waals surface area contributed by atoms with Gasteiger partial charge in [-0.05, 0) is 23.3 Å². The van der Waals surface area contributed by atoms with Gasteiger partial charge in [0.15, 0.2) is 0 Å². The Kier molecular flexibility index (Phi) is 4.66. The Labute approximate surface area is 127 Å². The van der Waals surface area contributed by atoms with Gasteiger partial charge in [-0.1, -0.05) is 44.0 Å². The SMILES string of the molecule is O=[N+]([O-])c1cccc(-c2cc(CBr)nc(CBr)c2)c1. The van der Waals surface area contributed by atoms with Crippen molar-refractivity contribution in [1.29, 1.82) is 0 Å². The number of nitrogens with zero attached hydrogens (tertiary/aromatic N) is 2. The standard InChI is InChI=1S/C13H10Br2N2O2/c14-7-11-4-10(5-12(8-15)16-11)9-2-1-3-13(6-9)17(18)19/h1-6H,7-8H2. The Hall–Kier alpha value is -1.27. The molecule has 0 unspecified atom stereocenters. The van der Waals surface area contributed by atoms with E-state index >= 15 is 0 Å². The summed E-state index contributed by atoms with van der Waals surface area (Å²) in [5.74, 6) is 0. The lowest BCUT2D eigenvalue weighted by Crippen LogP contribution is -1.94. The van der Waals surface area contributed by atoms with Crippen molar-refractivity contribution in [3.05, 3.63) is 57.9 Å². The number of nitro groups is 1. The first kappa shape index (κ1) is 14.1. The fourth-order valence-electron chi connectivity index (χ4n) is 1.75. The zero-order valence-electron chi connectivity index (χ0n) is 9.85. The molecule has 0 aliphatic heterocycles. The molecule has 0 aliphatic carbocycles. The summed E-state index contributed by atoms with van der Waals surface area (Å²) in [6.07, 6.45) is 0. The molecule has 0 spiro atoms. The molecule has 0 fully saturated rings. The highest BCUT2D eigenvalue weighted by Crippen LogP contribution is 2.26. The average molecular weight is 386 g/mol. The van der Waals surface area contributed by atoms with E-state index in [9.17, 15) is 10.1 Å². The van der Waals surface area contributed by atoms with Crippen LogP contribution in [0.2, 0.25) is 0 Å². The quantitative estimate of drug-likeness (QED) is 0.444. The number of alkyl halides is 2. The fourth-order valence-corrected chi connectivity index (χ4v) is 2.33. The summed E-state index contributed by atoms with van der Waals surface area (Å²) < 4.78 is 0. The minimum atomic E-state index is -0.387. The number of hydrogen-bond acceptors (Lipinski definition) is 3. The van der Waals surface area contributed by atoms with Crippen molar-refractivity contribution < 1.29 is 4.92 Å². The van der Waals surface area contributed by atoms with Crippen LogP contribution in [-0.4, -0.2) is 9.91 Å². The number of pyridine rings is 1. The fraction of sp³-hybridized carbons (Fsp3) is 0.154. The molecule has 19 heavy (non-hydrogen) atoms. The van der Waals surface area contributed by atoms with Gasteiger partial charge in [-0.3, -0.25) is 15.1 Å². The number of halogens is 2. The Morgan fingerprint density at radius 1 is 1.05 bits per heavy atom. The van der Waals surface area contributed by atoms with Crippen LogP contribution in [0.3, 0.4) is 0 Å². The largest absolute Gasteiger partial charge is 0.270 e. The summed E-state index contributed by atoms with van der Waals surface area (Å²) in [6, 6.07) is 10.5. The molecular weight excluding hydrogens is 376 g/mol. The highest BCUT2D eigenvalue weighted by atomic mass is 79.9. The molecule has 0 atom stereocenters. The maximum Gasteiger partial charge on any atom is 0.270 e. The summed E-state index contributed by atoms with van der Waals surface area (Å²) in [4.78, 5) is 14.8. The van der Waals surface area contributed by atoms with Gasteiger partial charge in [0.2, 0.25) is 0 Å². The van der Waals surface area contributed by atoms with E-state index in [4.69, 9.17) is 0 Å². The zero-order chi connectivity index (χ0) is 13.8. The van der Waals surface area contributed by atoms with E-state index in [1.54, 1.807) is 12.1 Å². The summed E-state index contributed by atoms with van der Waals surface area (Å²) in [6.45, 7) is 0. The molecule has 0 radical (unpaired) electrons. The monoisotopic (exact) mass is 384 g/mol. The number of benzene rings is 1. The van der Waals surface area contributed by atoms with Crippen LogP contribution in [0, 0.1) is 10.1 Å². The van der Waals surface area contributed by atoms with E-state index in [-0.39, 0.29) is 10.6 Å². The summed E-state index contributed by atoms with van der Waals surface area (Å²) >= 11 is 6.76. The van der Waals surface area contributed by atoms with Gasteiger partial charge in [0, 0.05) is 22.8 Å². The van der Waals surface area contributed by atoms with Crippen LogP contribution in [-0.2, 0) is 10.7 Å². The number of hydrogen-bond donors (Lipinski definition) is 0. The van der Waals surface area contributed by atoms with Gasteiger partial charge >= 0.3 is 0 Å². The van der Waals surface area contributed by atoms with Gasteiger partial charge in [-0.15, -0.1) is 0 Å². The van der Waals surface area contributed by atoms with Crippen LogP contribution < -0.4 is 0 Å². The lowest BCUT2D eigenvalue weighted by molar-refractivity contribution is -0.384. The molecule has 98 valence electrons. The molecular formula is C13H10Br2N2O2. The predicted molar refractivity (Wildman–Crippen MR) is 81.6 cm³/mol. The number of non-ortho nitro benzene ring substituents is 1. The second kappa shape index (κ2) is 6.25. The van der Waals surface area contributed by atoms with Gasteiger partial charge in [0.05, 0.1) is 16.3 Å². The zero-order valence-corrected chi connectivity index (χ0v) is 13.0. The third-order valence-corrected chi connectivity index (χ3v) is 3.74. The number of rotatable bonds is 4. The third-order valence-electron chi connectivity index (χ3n) is 2.60. The minimum absolute atomic E-state index is 0.0927. The van der Waals surface area contributed by atoms with Crippen molar-refractivity contribution in [3.63, 3.8) is 0 Å². The molecule has 0 saturated carbocycles. The van der Waals surface area contributed by atoms with E-state index < -0.39 is 0 Å². The topological polar surface area (TPSA) is 56.0 Å². The lowest BCUT2D eigenvalue weighted by Gasteiger charge is -2.06. The van der Waals surface area contributed by atoms with E-state index in [2.05, 4.69) is 36.8 Å². The Morgan fingerprint density at radius 3 is 2.21 bits per heavy atom. The van der Waals surface area contributed by atoms with Gasteiger partial charge in [0.1, 0.15) is 0 Å². The highest BCUT2D eigenvalue weighted by Gasteiger charge is 2.09. The van der Waals surface area contributed by atoms with Crippen molar-refractivity contribution in [2.45, 2.75) is 10.7 Å². The first-order valence-electron chi connectivity index (χ1n) is 5.50. The third kappa shape index (κ3) is 3.39. The Morgan fingerprint density at radius 2 is 1.68 bits per heavy atom. The van der Waals surface area contributed by atoms with Crippen LogP contribution >= 0.6 is 31.9 Å². The van der Waals surface area contributed by atoms with E-state index in [0.29, 0.717) is 10.7 Å². The van der Waals surface area contributed by atoms with Crippen LogP contribution in [0.1, 0.15) is 11.4 Å². The maximum absolute atomic E-state index is 10.8. The second-order valence-electron chi connectivity index (χ2n) is 3.91. The molecule has 2 rings (SSSR count). The van der Waals surface area contributed by atoms with Crippen molar-refractivity contribution in [1.82, 2.24) is 4.98 Å². The van der Waals surface area contributed by atoms with Gasteiger partial charge < -0.3 is 0 Å². The molecule has 2 aromatic rings. The van der Waals surface area contributed by atoms with Crippen LogP contribution in [0.5, 0.6) is 0 Å². The van der Waals surface area contributed by atoms with Crippen LogP contribution in [0.15, 0.2) is 36.4 Å². The molecule has 1 heterocycles. The van der Waals surface area contributed by atoms with Gasteiger partial charge in [0.25, 0.3) is 5.69 Å². The second-order valence-corrected chi connectivity index (χ2v) is 5.03. The normalized spacial score (nSPS) is 10.4. The van der Waals surface area contributed by atoms with Gasteiger partial charge in [-0.2, -0.15) is 0 Å². The number of aromatic nitrogens is 1. The molecule has 1 aromatic heterocycles. The lowest BCUT2D eigenvalue weighted by atomic mass is 10.0. The molecule has 0 amide bonds. The van der Waals surface area contributed by atoms with Crippen molar-refractivity contribution in [3.8, 4) is 11.1 Å². The van der Waals surface area contributed by atoms with E-state index in [0.717, 1.165) is 22.5 Å². The van der Waals surface area contributed by atoms with E-state index in [1.165, 1.54) is 6.07 Å². The molecule has 0 bridgehead atoms. The molecule has 0 saturated heterocycles. The summed E-state index contributed by atoms with van der Waals surface area (Å²) in [7, 11) is 0. The Balaban J connectivity index is 2.51. The van der Waals surface area contributed by atoms with E-state index in [1.807, 2.05) is 18.2 Å². The highest BCUT2D eigenvalue weighted by molar-refractivity contribution is 9.08. The summed E-state index contributed by atoms with van der Waals surface area (Å²) in [5, 5.41) is 12.1. The summed E-state index contributed by atoms with van der Waals surface area (Å²) in [5.41, 5.74) is 3.65. The molecule has 6 heteroatoms. The first-order chi connectivity index (χ1) is 9.13.